The Morgan fingerprint density at radius 2 is 1.88 bits per heavy atom. The lowest BCUT2D eigenvalue weighted by Crippen LogP contribution is -2.53. The topological polar surface area (TPSA) is 121 Å². The van der Waals surface area contributed by atoms with Crippen LogP contribution >= 0.6 is 0 Å². The maximum absolute atomic E-state index is 12.2. The number of hydrazine groups is 2. The lowest BCUT2D eigenvalue weighted by molar-refractivity contribution is -0.126. The van der Waals surface area contributed by atoms with E-state index >= 15 is 0 Å². The maximum atomic E-state index is 12.2. The van der Waals surface area contributed by atoms with E-state index in [1.807, 2.05) is 45.0 Å². The summed E-state index contributed by atoms with van der Waals surface area (Å²) in [5, 5.41) is 8.13. The van der Waals surface area contributed by atoms with Crippen LogP contribution in [0, 0.1) is 5.41 Å². The Labute approximate surface area is 143 Å². The maximum Gasteiger partial charge on any atom is 0.251 e. The first-order valence-corrected chi connectivity index (χ1v) is 7.77. The summed E-state index contributed by atoms with van der Waals surface area (Å²) < 4.78 is 0. The molecule has 134 valence electrons. The van der Waals surface area contributed by atoms with E-state index in [4.69, 9.17) is 11.6 Å². The number of rotatable bonds is 7. The van der Waals surface area contributed by atoms with Gasteiger partial charge in [-0.05, 0) is 18.0 Å². The van der Waals surface area contributed by atoms with Gasteiger partial charge in [0.25, 0.3) is 5.91 Å². The Balaban J connectivity index is 2.56. The van der Waals surface area contributed by atoms with E-state index in [-0.39, 0.29) is 17.4 Å². The second-order valence-corrected chi connectivity index (χ2v) is 6.69. The van der Waals surface area contributed by atoms with Crippen LogP contribution in [0.25, 0.3) is 0 Å². The van der Waals surface area contributed by atoms with Gasteiger partial charge in [-0.1, -0.05) is 45.0 Å². The zero-order valence-electron chi connectivity index (χ0n) is 15.1. The summed E-state index contributed by atoms with van der Waals surface area (Å²) in [6, 6.07) is 7.25. The lowest BCUT2D eigenvalue weighted by atomic mass is 9.86. The first-order valence-electron chi connectivity index (χ1n) is 7.77. The fraction of sp³-hybridized carbons (Fsp3) is 0.500. The van der Waals surface area contributed by atoms with Gasteiger partial charge < -0.3 is 11.1 Å². The lowest BCUT2D eigenvalue weighted by Gasteiger charge is -2.29. The summed E-state index contributed by atoms with van der Waals surface area (Å²) in [6.45, 7) is 6.53. The Kier molecular flexibility index (Phi) is 7.15. The number of amides is 1. The van der Waals surface area contributed by atoms with Crippen molar-refractivity contribution in [2.24, 2.45) is 22.1 Å². The minimum absolute atomic E-state index is 0.0935. The van der Waals surface area contributed by atoms with Crippen molar-refractivity contribution in [3.05, 3.63) is 35.4 Å². The van der Waals surface area contributed by atoms with Crippen LogP contribution in [0.3, 0.4) is 0 Å². The molecule has 1 aromatic rings. The molecule has 1 aromatic carbocycles. The average molecular weight is 335 g/mol. The Morgan fingerprint density at radius 1 is 1.29 bits per heavy atom. The first-order chi connectivity index (χ1) is 11.1. The molecule has 7 N–H and O–H groups in total. The summed E-state index contributed by atoms with van der Waals surface area (Å²) in [5.41, 5.74) is 13.1. The van der Waals surface area contributed by atoms with E-state index in [0.29, 0.717) is 12.4 Å². The Hall–Kier alpha value is -2.16. The van der Waals surface area contributed by atoms with Crippen molar-refractivity contribution in [2.75, 3.05) is 14.1 Å². The van der Waals surface area contributed by atoms with E-state index < -0.39 is 0 Å². The third-order valence-corrected chi connectivity index (χ3v) is 3.44. The highest BCUT2D eigenvalue weighted by molar-refractivity contribution is 5.97. The van der Waals surface area contributed by atoms with Crippen LogP contribution in [0.2, 0.25) is 0 Å². The van der Waals surface area contributed by atoms with E-state index in [9.17, 15) is 4.79 Å². The number of carbonyl (C=O) groups is 1. The van der Waals surface area contributed by atoms with Gasteiger partial charge in [-0.3, -0.25) is 10.2 Å². The summed E-state index contributed by atoms with van der Waals surface area (Å²) in [6.07, 6.45) is 0. The third kappa shape index (κ3) is 6.15. The fourth-order valence-electron chi connectivity index (χ4n) is 2.28. The highest BCUT2D eigenvalue weighted by Crippen LogP contribution is 2.18. The van der Waals surface area contributed by atoms with E-state index in [0.717, 1.165) is 16.2 Å². The van der Waals surface area contributed by atoms with E-state index in [2.05, 4.69) is 21.3 Å². The number of hydrogen-bond acceptors (Lipinski definition) is 6. The number of nitrogens with one attached hydrogen (secondary N) is 3. The molecule has 0 saturated heterocycles. The molecule has 0 heterocycles. The second kappa shape index (κ2) is 8.62. The highest BCUT2D eigenvalue weighted by atomic mass is 16.2. The summed E-state index contributed by atoms with van der Waals surface area (Å²) in [7, 11) is 3.38. The molecule has 24 heavy (non-hydrogen) atoms. The number of benzene rings is 1. The van der Waals surface area contributed by atoms with Gasteiger partial charge in [0.15, 0.2) is 5.84 Å². The zero-order chi connectivity index (χ0) is 18.3. The number of hydrazone groups is 1. The molecule has 0 aromatic heterocycles. The van der Waals surface area contributed by atoms with Crippen molar-refractivity contribution < 1.29 is 4.79 Å². The SMILES string of the molecule is CNC(C(=O)NNCc1ccc(/C(N)=N/N(C)N)cc1)C(C)(C)C. The first kappa shape index (κ1) is 19.9. The molecular weight excluding hydrogens is 306 g/mol. The molecule has 0 aliphatic rings. The molecule has 8 heteroatoms. The minimum atomic E-state index is -0.281. The molecule has 0 fully saturated rings. The predicted octanol–water partition coefficient (Wildman–Crippen LogP) is -0.133. The Morgan fingerprint density at radius 3 is 2.33 bits per heavy atom. The van der Waals surface area contributed by atoms with E-state index in [1.54, 1.807) is 14.1 Å². The van der Waals surface area contributed by atoms with Crippen LogP contribution in [0.5, 0.6) is 0 Å². The number of hydrogen-bond donors (Lipinski definition) is 5. The molecule has 1 rings (SSSR count). The molecule has 0 bridgehead atoms. The quantitative estimate of drug-likeness (QED) is 0.205. The van der Waals surface area contributed by atoms with Crippen LogP contribution in [0.15, 0.2) is 29.4 Å². The molecule has 0 radical (unpaired) electrons. The van der Waals surface area contributed by atoms with Crippen LogP contribution < -0.4 is 27.7 Å². The van der Waals surface area contributed by atoms with Gasteiger partial charge >= 0.3 is 0 Å². The number of likely N-dealkylation sites (N-methyl/N-ethyl adjacent to an activating group) is 1. The second-order valence-electron chi connectivity index (χ2n) is 6.69. The van der Waals surface area contributed by atoms with E-state index in [1.165, 1.54) is 0 Å². The number of amidine groups is 1. The number of carbonyl (C=O) groups excluding carboxylic acids is 1. The van der Waals surface area contributed by atoms with Gasteiger partial charge in [0.1, 0.15) is 0 Å². The monoisotopic (exact) mass is 335 g/mol. The summed E-state index contributed by atoms with van der Waals surface area (Å²) in [4.78, 5) is 12.2. The normalized spacial score (nSPS) is 13.5. The van der Waals surface area contributed by atoms with Crippen molar-refractivity contribution >= 4 is 11.7 Å². The minimum Gasteiger partial charge on any atom is -0.382 e. The van der Waals surface area contributed by atoms with Gasteiger partial charge in [0.05, 0.1) is 6.04 Å². The molecule has 0 aliphatic heterocycles. The van der Waals surface area contributed by atoms with Crippen molar-refractivity contribution in [3.8, 4) is 0 Å². The standard InChI is InChI=1S/C16H29N7O/c1-16(2,3)13(19-4)15(24)21-20-10-11-6-8-12(9-7-11)14(17)22-23(5)18/h6-9,13,19-20H,10,18H2,1-5H3,(H2,17,22)(H,21,24). The summed E-state index contributed by atoms with van der Waals surface area (Å²) in [5.74, 6) is 5.68. The van der Waals surface area contributed by atoms with Crippen molar-refractivity contribution in [3.63, 3.8) is 0 Å². The van der Waals surface area contributed by atoms with Crippen molar-refractivity contribution in [2.45, 2.75) is 33.4 Å². The highest BCUT2D eigenvalue weighted by Gasteiger charge is 2.29. The third-order valence-electron chi connectivity index (χ3n) is 3.44. The molecule has 0 aliphatic carbocycles. The van der Waals surface area contributed by atoms with Gasteiger partial charge in [-0.2, -0.15) is 0 Å². The van der Waals surface area contributed by atoms with Crippen LogP contribution in [0.4, 0.5) is 0 Å². The molecular formula is C16H29N7O. The van der Waals surface area contributed by atoms with Gasteiger partial charge in [0.2, 0.25) is 0 Å². The largest absolute Gasteiger partial charge is 0.382 e. The molecule has 8 nitrogen and oxygen atoms in total. The van der Waals surface area contributed by atoms with Crippen molar-refractivity contribution in [1.82, 2.24) is 21.3 Å². The zero-order valence-corrected chi connectivity index (χ0v) is 15.1. The van der Waals surface area contributed by atoms with Crippen LogP contribution in [-0.4, -0.2) is 37.0 Å². The van der Waals surface area contributed by atoms with Gasteiger partial charge in [-0.15, -0.1) is 5.10 Å². The van der Waals surface area contributed by atoms with Crippen LogP contribution in [-0.2, 0) is 11.3 Å². The predicted molar refractivity (Wildman–Crippen MR) is 96.4 cm³/mol. The summed E-state index contributed by atoms with van der Waals surface area (Å²) >= 11 is 0. The molecule has 0 spiro atoms. The average Bonchev–Trinajstić information content (AvgIpc) is 2.46. The molecule has 1 amide bonds. The fourth-order valence-corrected chi connectivity index (χ4v) is 2.28. The van der Waals surface area contributed by atoms with Gasteiger partial charge in [-0.25, -0.2) is 16.4 Å². The Bertz CT molecular complexity index is 561. The van der Waals surface area contributed by atoms with Gasteiger partial charge in [0, 0.05) is 19.2 Å². The number of nitrogens with zero attached hydrogens (tertiary/aromatic N) is 2. The number of nitrogens with two attached hydrogens (primary N) is 2. The molecule has 1 unspecified atom stereocenters. The smallest absolute Gasteiger partial charge is 0.251 e. The molecule has 0 saturated carbocycles. The van der Waals surface area contributed by atoms with Crippen molar-refractivity contribution in [1.29, 1.82) is 0 Å². The molecule has 1 atom stereocenters. The van der Waals surface area contributed by atoms with Crippen LogP contribution in [0.1, 0.15) is 31.9 Å².